The topological polar surface area (TPSA) is 92.4 Å². The molecule has 0 aromatic carbocycles. The standard InChI is InChI=1S/C13H15N5O2S/c1-2-17-4-5-18(13(20)12(17)19)7-9-15-10(14)8-3-6-21-11(8)16-9/h3,6H,2,4-5,7H2,1H3,(H2,14,15,16). The number of thiophene rings is 1. The molecule has 1 saturated heterocycles. The number of hydrogen-bond acceptors (Lipinski definition) is 6. The first-order valence-electron chi connectivity index (χ1n) is 6.68. The van der Waals surface area contributed by atoms with E-state index in [1.54, 1.807) is 0 Å². The molecule has 0 atom stereocenters. The predicted octanol–water partition coefficient (Wildman–Crippen LogP) is 0.464. The average Bonchev–Trinajstić information content (AvgIpc) is 2.93. The summed E-state index contributed by atoms with van der Waals surface area (Å²) in [5.74, 6) is -0.0961. The van der Waals surface area contributed by atoms with E-state index in [1.807, 2.05) is 18.4 Å². The fourth-order valence-corrected chi connectivity index (χ4v) is 3.12. The molecule has 2 aromatic heterocycles. The lowest BCUT2D eigenvalue weighted by Crippen LogP contribution is -2.53. The Morgan fingerprint density at radius 2 is 1.95 bits per heavy atom. The number of anilines is 1. The van der Waals surface area contributed by atoms with E-state index in [0.29, 0.717) is 31.3 Å². The molecule has 2 N–H and O–H groups in total. The minimum Gasteiger partial charge on any atom is -0.383 e. The van der Waals surface area contributed by atoms with Gasteiger partial charge in [-0.05, 0) is 18.4 Å². The molecule has 21 heavy (non-hydrogen) atoms. The number of nitrogens with zero attached hydrogens (tertiary/aromatic N) is 4. The van der Waals surface area contributed by atoms with Crippen molar-refractivity contribution >= 4 is 39.2 Å². The summed E-state index contributed by atoms with van der Waals surface area (Å²) < 4.78 is 0. The normalized spacial score (nSPS) is 16.0. The van der Waals surface area contributed by atoms with Crippen molar-refractivity contribution < 1.29 is 9.59 Å². The van der Waals surface area contributed by atoms with Gasteiger partial charge in [-0.2, -0.15) is 0 Å². The molecule has 1 aliphatic heterocycles. The lowest BCUT2D eigenvalue weighted by Gasteiger charge is -2.32. The Hall–Kier alpha value is -2.22. The van der Waals surface area contributed by atoms with Gasteiger partial charge >= 0.3 is 11.8 Å². The van der Waals surface area contributed by atoms with E-state index in [0.717, 1.165) is 10.2 Å². The maximum atomic E-state index is 12.0. The van der Waals surface area contributed by atoms with Crippen molar-refractivity contribution in [1.82, 2.24) is 19.8 Å². The minimum atomic E-state index is -0.503. The number of likely N-dealkylation sites (N-methyl/N-ethyl adjacent to an activating group) is 1. The average molecular weight is 305 g/mol. The summed E-state index contributed by atoms with van der Waals surface area (Å²) in [6, 6.07) is 1.87. The maximum Gasteiger partial charge on any atom is 0.312 e. The molecule has 1 aliphatic rings. The van der Waals surface area contributed by atoms with Crippen molar-refractivity contribution in [3.05, 3.63) is 17.3 Å². The quantitative estimate of drug-likeness (QED) is 0.832. The van der Waals surface area contributed by atoms with Crippen LogP contribution in [0.2, 0.25) is 0 Å². The Bertz CT molecular complexity index is 714. The van der Waals surface area contributed by atoms with Crippen molar-refractivity contribution in [3.8, 4) is 0 Å². The lowest BCUT2D eigenvalue weighted by molar-refractivity contribution is -0.156. The highest BCUT2D eigenvalue weighted by Crippen LogP contribution is 2.23. The van der Waals surface area contributed by atoms with Gasteiger partial charge in [0.1, 0.15) is 10.6 Å². The van der Waals surface area contributed by atoms with Gasteiger partial charge in [-0.25, -0.2) is 9.97 Å². The van der Waals surface area contributed by atoms with E-state index in [1.165, 1.54) is 21.1 Å². The third-order valence-electron chi connectivity index (χ3n) is 3.51. The van der Waals surface area contributed by atoms with Crippen molar-refractivity contribution in [2.45, 2.75) is 13.5 Å². The van der Waals surface area contributed by atoms with Crippen LogP contribution in [0.25, 0.3) is 10.2 Å². The summed E-state index contributed by atoms with van der Waals surface area (Å²) in [6.07, 6.45) is 0. The van der Waals surface area contributed by atoms with Crippen LogP contribution in [0.3, 0.4) is 0 Å². The first kappa shape index (κ1) is 13.7. The second-order valence-electron chi connectivity index (χ2n) is 4.78. The Morgan fingerprint density at radius 3 is 2.71 bits per heavy atom. The number of hydrogen-bond donors (Lipinski definition) is 1. The first-order chi connectivity index (χ1) is 10.1. The largest absolute Gasteiger partial charge is 0.383 e. The number of nitrogen functional groups attached to an aromatic ring is 1. The molecule has 3 heterocycles. The highest BCUT2D eigenvalue weighted by atomic mass is 32.1. The van der Waals surface area contributed by atoms with E-state index in [9.17, 15) is 9.59 Å². The molecule has 2 aromatic rings. The molecule has 110 valence electrons. The van der Waals surface area contributed by atoms with Crippen molar-refractivity contribution in [2.75, 3.05) is 25.4 Å². The third kappa shape index (κ3) is 2.42. The zero-order chi connectivity index (χ0) is 15.0. The van der Waals surface area contributed by atoms with Gasteiger partial charge in [0.25, 0.3) is 0 Å². The highest BCUT2D eigenvalue weighted by molar-refractivity contribution is 7.16. The van der Waals surface area contributed by atoms with Gasteiger partial charge in [0.2, 0.25) is 0 Å². The predicted molar refractivity (Wildman–Crippen MR) is 79.5 cm³/mol. The maximum absolute atomic E-state index is 12.0. The van der Waals surface area contributed by atoms with E-state index in [-0.39, 0.29) is 6.54 Å². The summed E-state index contributed by atoms with van der Waals surface area (Å²) in [7, 11) is 0. The Morgan fingerprint density at radius 1 is 1.24 bits per heavy atom. The summed E-state index contributed by atoms with van der Waals surface area (Å²) >= 11 is 1.47. The number of fused-ring (bicyclic) bond motifs is 1. The molecule has 0 radical (unpaired) electrons. The molecule has 0 saturated carbocycles. The third-order valence-corrected chi connectivity index (χ3v) is 4.32. The van der Waals surface area contributed by atoms with Crippen LogP contribution in [-0.2, 0) is 16.1 Å². The summed E-state index contributed by atoms with van der Waals surface area (Å²) in [6.45, 7) is 3.64. The number of rotatable bonds is 3. The van der Waals surface area contributed by atoms with Crippen LogP contribution in [0.1, 0.15) is 12.7 Å². The highest BCUT2D eigenvalue weighted by Gasteiger charge is 2.32. The van der Waals surface area contributed by atoms with Gasteiger partial charge in [0, 0.05) is 19.6 Å². The number of aromatic nitrogens is 2. The van der Waals surface area contributed by atoms with Crippen molar-refractivity contribution in [2.24, 2.45) is 0 Å². The molecule has 8 heteroatoms. The Labute approximate surface area is 125 Å². The van der Waals surface area contributed by atoms with Gasteiger partial charge in [-0.1, -0.05) is 0 Å². The Kier molecular flexibility index (Phi) is 3.46. The molecule has 0 aliphatic carbocycles. The molecule has 3 rings (SSSR count). The van der Waals surface area contributed by atoms with Gasteiger partial charge in [-0.3, -0.25) is 9.59 Å². The number of carbonyl (C=O) groups is 2. The summed E-state index contributed by atoms with van der Waals surface area (Å²) in [5.41, 5.74) is 5.89. The molecule has 1 fully saturated rings. The van der Waals surface area contributed by atoms with E-state index in [2.05, 4.69) is 9.97 Å². The second-order valence-corrected chi connectivity index (χ2v) is 5.67. The molecule has 0 unspecified atom stereocenters. The van der Waals surface area contributed by atoms with Crippen molar-refractivity contribution in [3.63, 3.8) is 0 Å². The van der Waals surface area contributed by atoms with Gasteiger partial charge in [-0.15, -0.1) is 11.3 Å². The lowest BCUT2D eigenvalue weighted by atomic mass is 10.3. The first-order valence-corrected chi connectivity index (χ1v) is 7.56. The monoisotopic (exact) mass is 305 g/mol. The molecular weight excluding hydrogens is 290 g/mol. The van der Waals surface area contributed by atoms with E-state index < -0.39 is 11.8 Å². The van der Waals surface area contributed by atoms with Crippen molar-refractivity contribution in [1.29, 1.82) is 0 Å². The fraction of sp³-hybridized carbons (Fsp3) is 0.385. The fourth-order valence-electron chi connectivity index (χ4n) is 2.33. The van der Waals surface area contributed by atoms with Crippen LogP contribution in [0.4, 0.5) is 5.82 Å². The molecular formula is C13H15N5O2S. The molecule has 7 nitrogen and oxygen atoms in total. The second kappa shape index (κ2) is 5.28. The van der Waals surface area contributed by atoms with Crippen LogP contribution in [0, 0.1) is 0 Å². The zero-order valence-corrected chi connectivity index (χ0v) is 12.4. The Balaban J connectivity index is 1.82. The zero-order valence-electron chi connectivity index (χ0n) is 11.6. The van der Waals surface area contributed by atoms with Gasteiger partial charge in [0.15, 0.2) is 5.82 Å². The van der Waals surface area contributed by atoms with Gasteiger partial charge in [0.05, 0.1) is 11.9 Å². The van der Waals surface area contributed by atoms with Crippen LogP contribution >= 0.6 is 11.3 Å². The number of nitrogens with two attached hydrogens (primary N) is 1. The number of piperazine rings is 1. The number of carbonyl (C=O) groups excluding carboxylic acids is 2. The van der Waals surface area contributed by atoms with E-state index >= 15 is 0 Å². The van der Waals surface area contributed by atoms with Crippen LogP contribution < -0.4 is 5.73 Å². The number of amides is 2. The smallest absolute Gasteiger partial charge is 0.312 e. The van der Waals surface area contributed by atoms with Crippen LogP contribution in [0.15, 0.2) is 11.4 Å². The summed E-state index contributed by atoms with van der Waals surface area (Å²) in [4.78, 5) is 36.3. The summed E-state index contributed by atoms with van der Waals surface area (Å²) in [5, 5.41) is 2.72. The molecule has 0 spiro atoms. The van der Waals surface area contributed by atoms with Gasteiger partial charge < -0.3 is 15.5 Å². The van der Waals surface area contributed by atoms with Crippen LogP contribution in [0.5, 0.6) is 0 Å². The molecule has 0 bridgehead atoms. The van der Waals surface area contributed by atoms with Crippen LogP contribution in [-0.4, -0.2) is 51.2 Å². The van der Waals surface area contributed by atoms with E-state index in [4.69, 9.17) is 5.73 Å². The molecule has 2 amide bonds. The minimum absolute atomic E-state index is 0.208. The SMILES string of the molecule is CCN1CCN(Cc2nc(N)c3ccsc3n2)C(=O)C1=O.